The summed E-state index contributed by atoms with van der Waals surface area (Å²) in [6, 6.07) is 10.0. The molecule has 0 N–H and O–H groups in total. The summed E-state index contributed by atoms with van der Waals surface area (Å²) in [7, 11) is 0. The third-order valence-electron chi connectivity index (χ3n) is 2.97. The third-order valence-corrected chi connectivity index (χ3v) is 4.32. The second-order valence-corrected chi connectivity index (χ2v) is 5.92. The van der Waals surface area contributed by atoms with Crippen molar-refractivity contribution in [1.29, 1.82) is 0 Å². The predicted molar refractivity (Wildman–Crippen MR) is 79.3 cm³/mol. The molecule has 0 unspecified atom stereocenters. The Kier molecular flexibility index (Phi) is 2.39. The topological polar surface area (TPSA) is 43.1 Å². The van der Waals surface area contributed by atoms with Gasteiger partial charge >= 0.3 is 0 Å². The first-order chi connectivity index (χ1) is 9.33. The maximum absolute atomic E-state index is 4.44. The van der Waals surface area contributed by atoms with Crippen molar-refractivity contribution in [3.8, 4) is 11.4 Å². The van der Waals surface area contributed by atoms with E-state index in [1.54, 1.807) is 17.7 Å². The molecule has 4 rings (SSSR count). The molecule has 0 atom stereocenters. The Labute approximate surface area is 120 Å². The van der Waals surface area contributed by atoms with Crippen molar-refractivity contribution in [1.82, 2.24) is 19.6 Å². The fourth-order valence-electron chi connectivity index (χ4n) is 2.06. The highest BCUT2D eigenvalue weighted by atomic mass is 79.9. The van der Waals surface area contributed by atoms with Crippen molar-refractivity contribution in [3.05, 3.63) is 46.5 Å². The summed E-state index contributed by atoms with van der Waals surface area (Å²) < 4.78 is 2.97. The Morgan fingerprint density at radius 1 is 1.05 bits per heavy atom. The van der Waals surface area contributed by atoms with Gasteiger partial charge in [-0.05, 0) is 23.6 Å². The zero-order valence-electron chi connectivity index (χ0n) is 9.62. The van der Waals surface area contributed by atoms with E-state index in [0.29, 0.717) is 0 Å². The standard InChI is InChI=1S/C13H7BrN4S/c14-9-3-1-8(2-4-9)11-16-17-12-10-5-6-19-13(10)15-7-18(11)12/h1-7H. The number of hydrogen-bond donors (Lipinski definition) is 0. The molecule has 4 aromatic rings. The van der Waals surface area contributed by atoms with E-state index in [0.717, 1.165) is 31.7 Å². The predicted octanol–water partition coefficient (Wildman–Crippen LogP) is 3.77. The minimum absolute atomic E-state index is 0.808. The summed E-state index contributed by atoms with van der Waals surface area (Å²) in [5.74, 6) is 0.808. The first kappa shape index (κ1) is 11.1. The van der Waals surface area contributed by atoms with Crippen molar-refractivity contribution in [2.75, 3.05) is 0 Å². The molecule has 92 valence electrons. The highest BCUT2D eigenvalue weighted by Gasteiger charge is 2.11. The molecule has 0 radical (unpaired) electrons. The first-order valence-electron chi connectivity index (χ1n) is 5.66. The molecule has 0 amide bonds. The molecule has 3 aromatic heterocycles. The Hall–Kier alpha value is -1.79. The van der Waals surface area contributed by atoms with Crippen LogP contribution in [-0.4, -0.2) is 19.6 Å². The van der Waals surface area contributed by atoms with Gasteiger partial charge in [-0.1, -0.05) is 28.1 Å². The summed E-state index contributed by atoms with van der Waals surface area (Å²) in [4.78, 5) is 5.43. The van der Waals surface area contributed by atoms with E-state index in [-0.39, 0.29) is 0 Å². The molecule has 0 saturated heterocycles. The molecular formula is C13H7BrN4S. The monoisotopic (exact) mass is 330 g/mol. The van der Waals surface area contributed by atoms with Crippen LogP contribution in [0.1, 0.15) is 0 Å². The highest BCUT2D eigenvalue weighted by molar-refractivity contribution is 9.10. The molecular weight excluding hydrogens is 324 g/mol. The third kappa shape index (κ3) is 1.67. The summed E-state index contributed by atoms with van der Waals surface area (Å²) in [6.07, 6.45) is 1.78. The Balaban J connectivity index is 2.02. The average Bonchev–Trinajstić information content (AvgIpc) is 3.04. The fourth-order valence-corrected chi connectivity index (χ4v) is 3.05. The lowest BCUT2D eigenvalue weighted by molar-refractivity contribution is 1.09. The van der Waals surface area contributed by atoms with Crippen LogP contribution in [0.25, 0.3) is 27.3 Å². The lowest BCUT2D eigenvalue weighted by Crippen LogP contribution is -1.90. The minimum atomic E-state index is 0.808. The van der Waals surface area contributed by atoms with Crippen LogP contribution in [0, 0.1) is 0 Å². The van der Waals surface area contributed by atoms with Crippen molar-refractivity contribution in [3.63, 3.8) is 0 Å². The lowest BCUT2D eigenvalue weighted by Gasteiger charge is -2.00. The molecule has 3 heterocycles. The molecule has 6 heteroatoms. The SMILES string of the molecule is Brc1ccc(-c2nnc3c4ccsc4ncn23)cc1. The number of nitrogens with zero attached hydrogens (tertiary/aromatic N) is 4. The molecule has 1 aromatic carbocycles. The molecule has 0 aliphatic carbocycles. The van der Waals surface area contributed by atoms with Crippen LogP contribution in [0.4, 0.5) is 0 Å². The van der Waals surface area contributed by atoms with Gasteiger partial charge in [-0.25, -0.2) is 4.98 Å². The van der Waals surface area contributed by atoms with Crippen LogP contribution in [0.5, 0.6) is 0 Å². The van der Waals surface area contributed by atoms with Gasteiger partial charge in [-0.2, -0.15) is 0 Å². The van der Waals surface area contributed by atoms with Gasteiger partial charge in [-0.15, -0.1) is 21.5 Å². The average molecular weight is 331 g/mol. The van der Waals surface area contributed by atoms with E-state index in [1.165, 1.54) is 0 Å². The largest absolute Gasteiger partial charge is 0.265 e. The van der Waals surface area contributed by atoms with Crippen LogP contribution >= 0.6 is 27.3 Å². The van der Waals surface area contributed by atoms with Crippen LogP contribution in [0.2, 0.25) is 0 Å². The molecule has 0 saturated carbocycles. The van der Waals surface area contributed by atoms with E-state index >= 15 is 0 Å². The number of fused-ring (bicyclic) bond motifs is 3. The summed E-state index contributed by atoms with van der Waals surface area (Å²) in [5, 5.41) is 11.6. The van der Waals surface area contributed by atoms with E-state index in [2.05, 4.69) is 31.1 Å². The first-order valence-corrected chi connectivity index (χ1v) is 7.33. The minimum Gasteiger partial charge on any atom is -0.265 e. The van der Waals surface area contributed by atoms with Crippen molar-refractivity contribution in [2.24, 2.45) is 0 Å². The number of rotatable bonds is 1. The van der Waals surface area contributed by atoms with Gasteiger partial charge in [0.1, 0.15) is 11.2 Å². The van der Waals surface area contributed by atoms with Gasteiger partial charge in [0, 0.05) is 10.0 Å². The highest BCUT2D eigenvalue weighted by Crippen LogP contribution is 2.25. The van der Waals surface area contributed by atoms with Crippen LogP contribution in [0.3, 0.4) is 0 Å². The summed E-state index contributed by atoms with van der Waals surface area (Å²) >= 11 is 5.04. The molecule has 0 fully saturated rings. The Morgan fingerprint density at radius 3 is 2.74 bits per heavy atom. The zero-order valence-corrected chi connectivity index (χ0v) is 12.0. The van der Waals surface area contributed by atoms with E-state index in [9.17, 15) is 0 Å². The quantitative estimate of drug-likeness (QED) is 0.533. The number of hydrogen-bond acceptors (Lipinski definition) is 4. The van der Waals surface area contributed by atoms with Gasteiger partial charge in [0.05, 0.1) is 5.39 Å². The van der Waals surface area contributed by atoms with Gasteiger partial charge < -0.3 is 0 Å². The molecule has 4 nitrogen and oxygen atoms in total. The van der Waals surface area contributed by atoms with Crippen LogP contribution < -0.4 is 0 Å². The van der Waals surface area contributed by atoms with Gasteiger partial charge in [0.25, 0.3) is 0 Å². The Morgan fingerprint density at radius 2 is 1.89 bits per heavy atom. The summed E-state index contributed by atoms with van der Waals surface area (Å²) in [6.45, 7) is 0. The summed E-state index contributed by atoms with van der Waals surface area (Å²) in [5.41, 5.74) is 1.87. The Bertz CT molecular complexity index is 879. The second kappa shape index (κ2) is 4.11. The van der Waals surface area contributed by atoms with Gasteiger partial charge in [0.2, 0.25) is 0 Å². The van der Waals surface area contributed by atoms with Crippen molar-refractivity contribution in [2.45, 2.75) is 0 Å². The van der Waals surface area contributed by atoms with Gasteiger partial charge in [-0.3, -0.25) is 4.40 Å². The number of benzene rings is 1. The maximum Gasteiger partial charge on any atom is 0.172 e. The zero-order chi connectivity index (χ0) is 12.8. The fraction of sp³-hybridized carbons (Fsp3) is 0. The number of thiophene rings is 1. The van der Waals surface area contributed by atoms with E-state index in [1.807, 2.05) is 40.1 Å². The molecule has 0 bridgehead atoms. The van der Waals surface area contributed by atoms with Gasteiger partial charge in [0.15, 0.2) is 11.5 Å². The van der Waals surface area contributed by atoms with Crippen LogP contribution in [0.15, 0.2) is 46.5 Å². The molecule has 19 heavy (non-hydrogen) atoms. The molecule has 0 aliphatic rings. The van der Waals surface area contributed by atoms with E-state index < -0.39 is 0 Å². The molecule has 0 spiro atoms. The second-order valence-electron chi connectivity index (χ2n) is 4.11. The number of halogens is 1. The van der Waals surface area contributed by atoms with E-state index in [4.69, 9.17) is 0 Å². The van der Waals surface area contributed by atoms with Crippen LogP contribution in [-0.2, 0) is 0 Å². The van der Waals surface area contributed by atoms with Crippen molar-refractivity contribution >= 4 is 43.1 Å². The normalized spacial score (nSPS) is 11.4. The van der Waals surface area contributed by atoms with Crippen molar-refractivity contribution < 1.29 is 0 Å². The molecule has 0 aliphatic heterocycles. The maximum atomic E-state index is 4.44. The number of aromatic nitrogens is 4. The smallest absolute Gasteiger partial charge is 0.172 e. The lowest BCUT2D eigenvalue weighted by atomic mass is 10.2.